The van der Waals surface area contributed by atoms with Gasteiger partial charge < -0.3 is 15.0 Å². The first-order valence-corrected chi connectivity index (χ1v) is 8.15. The van der Waals surface area contributed by atoms with Crippen LogP contribution in [0.5, 0.6) is 5.75 Å². The van der Waals surface area contributed by atoms with E-state index in [1.54, 1.807) is 7.11 Å². The quantitative estimate of drug-likeness (QED) is 0.733. The van der Waals surface area contributed by atoms with Gasteiger partial charge in [0.1, 0.15) is 11.4 Å². The molecule has 2 aromatic carbocycles. The summed E-state index contributed by atoms with van der Waals surface area (Å²) in [5.74, 6) is 0.725. The van der Waals surface area contributed by atoms with E-state index in [4.69, 9.17) is 16.3 Å². The monoisotopic (exact) mass is 342 g/mol. The van der Waals surface area contributed by atoms with Crippen molar-refractivity contribution in [2.45, 2.75) is 13.3 Å². The zero-order valence-corrected chi connectivity index (χ0v) is 14.4. The molecule has 0 bridgehead atoms. The highest BCUT2D eigenvalue weighted by atomic mass is 35.5. The van der Waals surface area contributed by atoms with Crippen LogP contribution in [0.25, 0.3) is 10.9 Å². The number of aryl methyl sites for hydroxylation is 1. The number of hydrogen-bond acceptors (Lipinski definition) is 2. The fourth-order valence-corrected chi connectivity index (χ4v) is 2.91. The summed E-state index contributed by atoms with van der Waals surface area (Å²) in [4.78, 5) is 15.6. The number of hydrogen-bond donors (Lipinski definition) is 2. The van der Waals surface area contributed by atoms with Crippen LogP contribution < -0.4 is 10.1 Å². The van der Waals surface area contributed by atoms with Crippen LogP contribution in [-0.2, 0) is 6.42 Å². The Morgan fingerprint density at radius 1 is 1.21 bits per heavy atom. The van der Waals surface area contributed by atoms with Gasteiger partial charge in [-0.1, -0.05) is 29.8 Å². The number of benzene rings is 2. The van der Waals surface area contributed by atoms with Crippen molar-refractivity contribution in [2.24, 2.45) is 0 Å². The SMILES string of the molecule is COc1ccc(CCNC(=O)c2[nH]c3cc(Cl)ccc3c2C)cc1. The van der Waals surface area contributed by atoms with Gasteiger partial charge in [-0.2, -0.15) is 0 Å². The molecule has 3 rings (SSSR count). The van der Waals surface area contributed by atoms with Crippen molar-refractivity contribution in [1.82, 2.24) is 10.3 Å². The molecule has 0 atom stereocenters. The smallest absolute Gasteiger partial charge is 0.268 e. The maximum Gasteiger partial charge on any atom is 0.268 e. The topological polar surface area (TPSA) is 54.1 Å². The third-order valence-electron chi connectivity index (χ3n) is 4.11. The second-order valence-electron chi connectivity index (χ2n) is 5.67. The first-order valence-electron chi connectivity index (χ1n) is 7.77. The maximum atomic E-state index is 12.4. The van der Waals surface area contributed by atoms with Gasteiger partial charge in [0.25, 0.3) is 5.91 Å². The Morgan fingerprint density at radius 3 is 2.67 bits per heavy atom. The zero-order chi connectivity index (χ0) is 17.1. The number of fused-ring (bicyclic) bond motifs is 1. The predicted molar refractivity (Wildman–Crippen MR) is 97.1 cm³/mol. The van der Waals surface area contributed by atoms with Crippen LogP contribution in [-0.4, -0.2) is 24.5 Å². The van der Waals surface area contributed by atoms with E-state index in [-0.39, 0.29) is 5.91 Å². The average Bonchev–Trinajstić information content (AvgIpc) is 2.91. The van der Waals surface area contributed by atoms with E-state index in [1.165, 1.54) is 0 Å². The van der Waals surface area contributed by atoms with Gasteiger partial charge in [-0.05, 0) is 48.7 Å². The van der Waals surface area contributed by atoms with Gasteiger partial charge in [0.05, 0.1) is 7.11 Å². The van der Waals surface area contributed by atoms with Crippen molar-refractivity contribution in [2.75, 3.05) is 13.7 Å². The number of methoxy groups -OCH3 is 1. The van der Waals surface area contributed by atoms with E-state index in [9.17, 15) is 4.79 Å². The number of ether oxygens (including phenoxy) is 1. The van der Waals surface area contributed by atoms with Crippen LogP contribution >= 0.6 is 11.6 Å². The van der Waals surface area contributed by atoms with E-state index in [2.05, 4.69) is 10.3 Å². The predicted octanol–water partition coefficient (Wildman–Crippen LogP) is 4.11. The number of carbonyl (C=O) groups is 1. The number of H-pyrrole nitrogens is 1. The Kier molecular flexibility index (Phi) is 4.76. The summed E-state index contributed by atoms with van der Waals surface area (Å²) in [7, 11) is 1.64. The summed E-state index contributed by atoms with van der Waals surface area (Å²) < 4.78 is 5.14. The zero-order valence-electron chi connectivity index (χ0n) is 13.7. The van der Waals surface area contributed by atoms with Gasteiger partial charge in [-0.15, -0.1) is 0 Å². The summed E-state index contributed by atoms with van der Waals surface area (Å²) >= 11 is 6.00. The van der Waals surface area contributed by atoms with Gasteiger partial charge >= 0.3 is 0 Å². The van der Waals surface area contributed by atoms with Gasteiger partial charge in [-0.3, -0.25) is 4.79 Å². The molecule has 5 heteroatoms. The van der Waals surface area contributed by atoms with Gasteiger partial charge in [-0.25, -0.2) is 0 Å². The summed E-state index contributed by atoms with van der Waals surface area (Å²) in [5, 5.41) is 4.62. The van der Waals surface area contributed by atoms with Crippen molar-refractivity contribution < 1.29 is 9.53 Å². The number of nitrogens with one attached hydrogen (secondary N) is 2. The molecule has 24 heavy (non-hydrogen) atoms. The molecule has 2 N–H and O–H groups in total. The highest BCUT2D eigenvalue weighted by Gasteiger charge is 2.14. The van der Waals surface area contributed by atoms with Crippen LogP contribution in [0.4, 0.5) is 0 Å². The number of rotatable bonds is 5. The fraction of sp³-hybridized carbons (Fsp3) is 0.211. The van der Waals surface area contributed by atoms with E-state index < -0.39 is 0 Å². The number of amides is 1. The molecule has 4 nitrogen and oxygen atoms in total. The first-order chi connectivity index (χ1) is 11.6. The molecule has 0 fully saturated rings. The maximum absolute atomic E-state index is 12.4. The van der Waals surface area contributed by atoms with Crippen molar-refractivity contribution in [3.63, 3.8) is 0 Å². The third-order valence-corrected chi connectivity index (χ3v) is 4.34. The largest absolute Gasteiger partial charge is 0.497 e. The highest BCUT2D eigenvalue weighted by Crippen LogP contribution is 2.24. The molecule has 1 amide bonds. The Balaban J connectivity index is 1.65. The molecule has 1 aromatic heterocycles. The number of aromatic amines is 1. The summed E-state index contributed by atoms with van der Waals surface area (Å²) in [5.41, 5.74) is 3.54. The summed E-state index contributed by atoms with van der Waals surface area (Å²) in [6, 6.07) is 13.4. The highest BCUT2D eigenvalue weighted by molar-refractivity contribution is 6.31. The van der Waals surface area contributed by atoms with Crippen LogP contribution in [0.2, 0.25) is 5.02 Å². The lowest BCUT2D eigenvalue weighted by atomic mass is 10.1. The third kappa shape index (κ3) is 3.39. The van der Waals surface area contributed by atoms with Crippen LogP contribution in [0.3, 0.4) is 0 Å². The van der Waals surface area contributed by atoms with E-state index in [0.29, 0.717) is 17.3 Å². The Labute approximate surface area is 145 Å². The molecule has 0 saturated carbocycles. The van der Waals surface area contributed by atoms with Gasteiger partial charge in [0, 0.05) is 22.5 Å². The number of aromatic nitrogens is 1. The molecule has 0 unspecified atom stereocenters. The lowest BCUT2D eigenvalue weighted by Gasteiger charge is -2.06. The molecule has 0 aliphatic carbocycles. The van der Waals surface area contributed by atoms with Crippen LogP contribution in [0, 0.1) is 6.92 Å². The van der Waals surface area contributed by atoms with Gasteiger partial charge in [0.15, 0.2) is 0 Å². The minimum atomic E-state index is -0.103. The van der Waals surface area contributed by atoms with Crippen molar-refractivity contribution in [3.05, 3.63) is 64.3 Å². The van der Waals surface area contributed by atoms with E-state index >= 15 is 0 Å². The molecular formula is C19H19ClN2O2. The lowest BCUT2D eigenvalue weighted by molar-refractivity contribution is 0.0949. The molecule has 0 aliphatic heterocycles. The normalized spacial score (nSPS) is 10.8. The second-order valence-corrected chi connectivity index (χ2v) is 6.11. The Morgan fingerprint density at radius 2 is 1.96 bits per heavy atom. The summed E-state index contributed by atoms with van der Waals surface area (Å²) in [6.45, 7) is 2.51. The van der Waals surface area contributed by atoms with Crippen molar-refractivity contribution >= 4 is 28.4 Å². The fourth-order valence-electron chi connectivity index (χ4n) is 2.74. The first kappa shape index (κ1) is 16.4. The average molecular weight is 343 g/mol. The van der Waals surface area contributed by atoms with Crippen molar-refractivity contribution in [3.8, 4) is 5.75 Å². The van der Waals surface area contributed by atoms with Gasteiger partial charge in [0.2, 0.25) is 0 Å². The molecule has 3 aromatic rings. The molecular weight excluding hydrogens is 324 g/mol. The second kappa shape index (κ2) is 6.97. The molecule has 0 aliphatic rings. The minimum Gasteiger partial charge on any atom is -0.497 e. The van der Waals surface area contributed by atoms with E-state index in [1.807, 2.05) is 49.4 Å². The Hall–Kier alpha value is -2.46. The van der Waals surface area contributed by atoms with Crippen molar-refractivity contribution in [1.29, 1.82) is 0 Å². The standard InChI is InChI=1S/C19H19ClN2O2/c1-12-16-8-5-14(20)11-17(16)22-18(12)19(23)21-10-9-13-3-6-15(24-2)7-4-13/h3-8,11,22H,9-10H2,1-2H3,(H,21,23). The lowest BCUT2D eigenvalue weighted by Crippen LogP contribution is -2.26. The van der Waals surface area contributed by atoms with E-state index in [0.717, 1.165) is 34.2 Å². The molecule has 0 spiro atoms. The molecule has 0 saturated heterocycles. The molecule has 0 radical (unpaired) electrons. The number of carbonyl (C=O) groups excluding carboxylic acids is 1. The van der Waals surface area contributed by atoms with Crippen LogP contribution in [0.15, 0.2) is 42.5 Å². The Bertz CT molecular complexity index is 869. The summed E-state index contributed by atoms with van der Waals surface area (Å²) in [6.07, 6.45) is 0.765. The molecule has 1 heterocycles. The number of halogens is 1. The molecule has 124 valence electrons. The van der Waals surface area contributed by atoms with Crippen LogP contribution in [0.1, 0.15) is 21.6 Å². The minimum absolute atomic E-state index is 0.103.